The fourth-order valence-electron chi connectivity index (χ4n) is 2.91. The molecule has 8 heteroatoms. The van der Waals surface area contributed by atoms with Gasteiger partial charge in [-0.2, -0.15) is 5.10 Å². The summed E-state index contributed by atoms with van der Waals surface area (Å²) < 4.78 is 1.82. The van der Waals surface area contributed by atoms with Gasteiger partial charge in [0.1, 0.15) is 5.69 Å². The van der Waals surface area contributed by atoms with Gasteiger partial charge in [0.15, 0.2) is 17.3 Å². The van der Waals surface area contributed by atoms with E-state index in [-0.39, 0.29) is 0 Å². The second kappa shape index (κ2) is 5.41. The maximum Gasteiger partial charge on any atom is 0.182 e. The molecule has 0 saturated carbocycles. The van der Waals surface area contributed by atoms with Crippen molar-refractivity contribution in [3.8, 4) is 22.9 Å². The van der Waals surface area contributed by atoms with Crippen LogP contribution in [0.5, 0.6) is 0 Å². The zero-order chi connectivity index (χ0) is 17.7. The first kappa shape index (κ1) is 14.6. The smallest absolute Gasteiger partial charge is 0.182 e. The van der Waals surface area contributed by atoms with Crippen molar-refractivity contribution >= 4 is 16.7 Å². The Morgan fingerprint density at radius 2 is 2.00 bits per heavy atom. The average molecular weight is 342 g/mol. The number of hydrogen-bond acceptors (Lipinski definition) is 6. The molecule has 4 heterocycles. The molecule has 126 valence electrons. The molecule has 5 rings (SSSR count). The number of imidazole rings is 1. The van der Waals surface area contributed by atoms with Gasteiger partial charge in [0.2, 0.25) is 0 Å². The number of nitrogens with zero attached hydrogens (tertiary/aromatic N) is 7. The van der Waals surface area contributed by atoms with Gasteiger partial charge >= 0.3 is 0 Å². The van der Waals surface area contributed by atoms with Crippen molar-refractivity contribution in [2.45, 2.75) is 13.8 Å². The van der Waals surface area contributed by atoms with Crippen LogP contribution in [0.3, 0.4) is 0 Å². The van der Waals surface area contributed by atoms with Crippen LogP contribution in [-0.2, 0) is 0 Å². The molecule has 1 aromatic carbocycles. The normalized spacial score (nSPS) is 11.5. The summed E-state index contributed by atoms with van der Waals surface area (Å²) in [6.07, 6.45) is 3.43. The molecule has 8 nitrogen and oxygen atoms in total. The highest BCUT2D eigenvalue weighted by molar-refractivity contribution is 5.83. The maximum absolute atomic E-state index is 4.64. The Morgan fingerprint density at radius 1 is 1.08 bits per heavy atom. The lowest BCUT2D eigenvalue weighted by atomic mass is 10.2. The van der Waals surface area contributed by atoms with Crippen LogP contribution in [-0.4, -0.2) is 39.7 Å². The Bertz CT molecular complexity index is 1210. The molecule has 0 bridgehead atoms. The molecular weight excluding hydrogens is 328 g/mol. The lowest BCUT2D eigenvalue weighted by Gasteiger charge is -1.97. The molecule has 26 heavy (non-hydrogen) atoms. The van der Waals surface area contributed by atoms with Crippen molar-refractivity contribution in [3.63, 3.8) is 0 Å². The predicted octanol–water partition coefficient (Wildman–Crippen LogP) is 2.74. The van der Waals surface area contributed by atoms with Crippen LogP contribution in [0.4, 0.5) is 0 Å². The molecule has 0 unspecified atom stereocenters. The van der Waals surface area contributed by atoms with Crippen LogP contribution in [0.1, 0.15) is 11.4 Å². The van der Waals surface area contributed by atoms with E-state index in [4.69, 9.17) is 0 Å². The van der Waals surface area contributed by atoms with Gasteiger partial charge in [-0.3, -0.25) is 4.98 Å². The Hall–Kier alpha value is -3.68. The van der Waals surface area contributed by atoms with Crippen molar-refractivity contribution in [2.75, 3.05) is 0 Å². The van der Waals surface area contributed by atoms with Gasteiger partial charge in [0, 0.05) is 18.0 Å². The van der Waals surface area contributed by atoms with E-state index >= 15 is 0 Å². The second-order valence-electron chi connectivity index (χ2n) is 6.08. The van der Waals surface area contributed by atoms with E-state index in [1.807, 2.05) is 48.7 Å². The van der Waals surface area contributed by atoms with Crippen molar-refractivity contribution in [3.05, 3.63) is 54.1 Å². The average Bonchev–Trinajstić information content (AvgIpc) is 3.30. The van der Waals surface area contributed by atoms with Crippen molar-refractivity contribution in [1.29, 1.82) is 0 Å². The predicted molar refractivity (Wildman–Crippen MR) is 96.4 cm³/mol. The third-order valence-electron chi connectivity index (χ3n) is 4.27. The van der Waals surface area contributed by atoms with Crippen molar-refractivity contribution in [2.24, 2.45) is 0 Å². The molecule has 4 aromatic heterocycles. The fraction of sp³-hybridized carbons (Fsp3) is 0.111. The van der Waals surface area contributed by atoms with Crippen LogP contribution < -0.4 is 0 Å². The molecule has 0 spiro atoms. The first-order chi connectivity index (χ1) is 12.7. The molecule has 0 aliphatic rings. The molecular formula is C18H14N8. The molecule has 5 aromatic rings. The molecule has 0 radical (unpaired) electrons. The molecule has 0 saturated heterocycles. The standard InChI is InChI=1S/C18H14N8/c1-10-9-19-11(2)18-23-16(25-26(10)18)12-5-6-13-15(8-12)22-17(21-13)14-4-3-7-20-24-14/h3-9H,1-2H3,(H,21,22). The van der Waals surface area contributed by atoms with Gasteiger partial charge in [-0.15, -0.1) is 10.2 Å². The maximum atomic E-state index is 4.64. The number of nitrogens with one attached hydrogen (secondary N) is 1. The van der Waals surface area contributed by atoms with Crippen molar-refractivity contribution in [1.82, 2.24) is 39.7 Å². The van der Waals surface area contributed by atoms with E-state index in [2.05, 4.69) is 35.2 Å². The number of hydrogen-bond donors (Lipinski definition) is 1. The monoisotopic (exact) mass is 342 g/mol. The number of aromatic nitrogens is 8. The SMILES string of the molecule is Cc1ncc(C)n2nc(-c3ccc4[nH]c(-c5cccnn5)nc4c3)nc12. The van der Waals surface area contributed by atoms with Crippen LogP contribution in [0, 0.1) is 13.8 Å². The molecule has 0 amide bonds. The Morgan fingerprint density at radius 3 is 2.81 bits per heavy atom. The number of aromatic amines is 1. The van der Waals surface area contributed by atoms with E-state index in [1.165, 1.54) is 0 Å². The summed E-state index contributed by atoms with van der Waals surface area (Å²) in [7, 11) is 0. The van der Waals surface area contributed by atoms with Gasteiger partial charge in [-0.05, 0) is 44.2 Å². The summed E-state index contributed by atoms with van der Waals surface area (Å²) in [5.74, 6) is 1.33. The van der Waals surface area contributed by atoms with Crippen LogP contribution >= 0.6 is 0 Å². The quantitative estimate of drug-likeness (QED) is 0.530. The largest absolute Gasteiger partial charge is 0.337 e. The second-order valence-corrected chi connectivity index (χ2v) is 6.08. The molecule has 1 N–H and O–H groups in total. The highest BCUT2D eigenvalue weighted by Gasteiger charge is 2.13. The summed E-state index contributed by atoms with van der Waals surface area (Å²) >= 11 is 0. The van der Waals surface area contributed by atoms with E-state index in [1.54, 1.807) is 12.4 Å². The fourth-order valence-corrected chi connectivity index (χ4v) is 2.91. The van der Waals surface area contributed by atoms with Gasteiger partial charge in [0.25, 0.3) is 0 Å². The third-order valence-corrected chi connectivity index (χ3v) is 4.27. The summed E-state index contributed by atoms with van der Waals surface area (Å²) in [6.45, 7) is 3.89. The van der Waals surface area contributed by atoms with E-state index in [9.17, 15) is 0 Å². The Balaban J connectivity index is 1.64. The lowest BCUT2D eigenvalue weighted by molar-refractivity contribution is 0.891. The van der Waals surface area contributed by atoms with E-state index in [0.717, 1.165) is 33.6 Å². The number of aryl methyl sites for hydroxylation is 2. The van der Waals surface area contributed by atoms with Gasteiger partial charge < -0.3 is 4.98 Å². The molecule has 0 aliphatic carbocycles. The summed E-state index contributed by atoms with van der Waals surface area (Å²) in [5, 5.41) is 12.6. The van der Waals surface area contributed by atoms with Crippen molar-refractivity contribution < 1.29 is 0 Å². The zero-order valence-electron chi connectivity index (χ0n) is 14.2. The van der Waals surface area contributed by atoms with Crippen LogP contribution in [0.15, 0.2) is 42.7 Å². The minimum atomic E-state index is 0.648. The van der Waals surface area contributed by atoms with E-state index in [0.29, 0.717) is 17.3 Å². The van der Waals surface area contributed by atoms with Crippen LogP contribution in [0.2, 0.25) is 0 Å². The number of benzene rings is 1. The Labute approximate surface area is 148 Å². The Kier molecular flexibility index (Phi) is 3.05. The topological polar surface area (TPSA) is 97.5 Å². The minimum Gasteiger partial charge on any atom is -0.337 e. The molecule has 0 aliphatic heterocycles. The zero-order valence-corrected chi connectivity index (χ0v) is 14.2. The first-order valence-corrected chi connectivity index (χ1v) is 8.16. The number of rotatable bonds is 2. The van der Waals surface area contributed by atoms with Gasteiger partial charge in [-0.25, -0.2) is 14.5 Å². The van der Waals surface area contributed by atoms with Gasteiger partial charge in [-0.1, -0.05) is 0 Å². The minimum absolute atomic E-state index is 0.648. The van der Waals surface area contributed by atoms with Gasteiger partial charge in [0.05, 0.1) is 22.4 Å². The summed E-state index contributed by atoms with van der Waals surface area (Å²) in [4.78, 5) is 16.9. The first-order valence-electron chi connectivity index (χ1n) is 8.16. The lowest BCUT2D eigenvalue weighted by Crippen LogP contribution is -1.97. The molecule has 0 atom stereocenters. The third kappa shape index (κ3) is 2.23. The highest BCUT2D eigenvalue weighted by atomic mass is 15.3. The number of fused-ring (bicyclic) bond motifs is 2. The highest BCUT2D eigenvalue weighted by Crippen LogP contribution is 2.24. The number of H-pyrrole nitrogens is 1. The van der Waals surface area contributed by atoms with E-state index < -0.39 is 0 Å². The molecule has 0 fully saturated rings. The summed E-state index contributed by atoms with van der Waals surface area (Å²) in [5.41, 5.74) is 5.91. The summed E-state index contributed by atoms with van der Waals surface area (Å²) in [6, 6.07) is 9.63. The van der Waals surface area contributed by atoms with Crippen LogP contribution in [0.25, 0.3) is 39.6 Å².